The minimum absolute atomic E-state index is 0.515. The third kappa shape index (κ3) is 8.11. The molecule has 0 saturated heterocycles. The molecule has 0 aromatic heterocycles. The fraction of sp³-hybridized carbons (Fsp3) is 0.273. The number of benzene rings is 10. The lowest BCUT2D eigenvalue weighted by atomic mass is 9.77. The van der Waals surface area contributed by atoms with E-state index < -0.39 is 16.1 Å². The molecule has 2 aliphatic rings. The molecule has 0 radical (unpaired) electrons. The summed E-state index contributed by atoms with van der Waals surface area (Å²) in [5.41, 5.74) is 10.5. The number of nitrogens with zero attached hydrogens (tertiary/aromatic N) is 2. The van der Waals surface area contributed by atoms with Crippen molar-refractivity contribution in [2.45, 2.75) is 115 Å². The maximum Gasteiger partial charge on any atom is 0.0775 e. The van der Waals surface area contributed by atoms with Crippen molar-refractivity contribution in [2.75, 3.05) is 9.80 Å². The molecule has 4 heteroatoms. The van der Waals surface area contributed by atoms with Gasteiger partial charge in [0, 0.05) is 33.5 Å². The summed E-state index contributed by atoms with van der Waals surface area (Å²) in [6.07, 6.45) is 12.8. The van der Waals surface area contributed by atoms with E-state index in [1.165, 1.54) is 174 Å². The second-order valence-electron chi connectivity index (χ2n) is 23.0. The molecule has 2 nitrogen and oxygen atoms in total. The molecule has 0 aliphatic heterocycles. The van der Waals surface area contributed by atoms with Crippen LogP contribution in [0.25, 0.3) is 53.9 Å². The third-order valence-electron chi connectivity index (χ3n) is 16.5. The quantitative estimate of drug-likeness (QED) is 0.0996. The van der Waals surface area contributed by atoms with E-state index in [-0.39, 0.29) is 0 Å². The van der Waals surface area contributed by atoms with Crippen molar-refractivity contribution >= 4 is 115 Å². The SMILES string of the molecule is C[Si](C)(C)c1ccc(N(c2ccc3ccccc3c2)c2cc(C3CCCCC3)c3ccc4c(N(c5ccc([Si](C)(C)C)cc5)c5ccc6ccccc6c5)cc(C5CCCCC5)c5ccc2c3c54)cc1. The molecule has 10 aromatic rings. The van der Waals surface area contributed by atoms with Gasteiger partial charge in [-0.3, -0.25) is 0 Å². The lowest BCUT2D eigenvalue weighted by Crippen LogP contribution is -2.37. The molecule has 2 saturated carbocycles. The highest BCUT2D eigenvalue weighted by Crippen LogP contribution is 2.53. The summed E-state index contributed by atoms with van der Waals surface area (Å²) in [5.74, 6) is 1.03. The van der Waals surface area contributed by atoms with Crippen LogP contribution in [0.1, 0.15) is 87.2 Å². The van der Waals surface area contributed by atoms with E-state index in [2.05, 4.69) is 219 Å². The van der Waals surface area contributed by atoms with Gasteiger partial charge in [-0.2, -0.15) is 0 Å². The van der Waals surface area contributed by atoms with Gasteiger partial charge in [-0.25, -0.2) is 0 Å². The van der Waals surface area contributed by atoms with Gasteiger partial charge in [-0.15, -0.1) is 0 Å². The van der Waals surface area contributed by atoms with Crippen LogP contribution in [-0.4, -0.2) is 16.1 Å². The second kappa shape index (κ2) is 17.9. The molecular weight excluding hydrogens is 877 g/mol. The van der Waals surface area contributed by atoms with Gasteiger partial charge >= 0.3 is 0 Å². The van der Waals surface area contributed by atoms with E-state index in [1.807, 2.05) is 0 Å². The zero-order valence-electron chi connectivity index (χ0n) is 42.3. The molecule has 2 fully saturated rings. The molecule has 0 heterocycles. The fourth-order valence-corrected chi connectivity index (χ4v) is 14.9. The van der Waals surface area contributed by atoms with Crippen LogP contribution in [-0.2, 0) is 0 Å². The van der Waals surface area contributed by atoms with Gasteiger partial charge in [-0.05, 0) is 152 Å². The lowest BCUT2D eigenvalue weighted by Gasteiger charge is -2.33. The van der Waals surface area contributed by atoms with Crippen LogP contribution in [0.3, 0.4) is 0 Å². The van der Waals surface area contributed by atoms with E-state index in [0.717, 1.165) is 0 Å². The minimum Gasteiger partial charge on any atom is -0.310 e. The number of hydrogen-bond donors (Lipinski definition) is 0. The zero-order valence-corrected chi connectivity index (χ0v) is 44.3. The van der Waals surface area contributed by atoms with E-state index in [9.17, 15) is 0 Å². The van der Waals surface area contributed by atoms with Crippen LogP contribution in [0.4, 0.5) is 34.1 Å². The lowest BCUT2D eigenvalue weighted by molar-refractivity contribution is 0.445. The molecule has 0 amide bonds. The Morgan fingerprint density at radius 2 is 0.671 bits per heavy atom. The first-order chi connectivity index (χ1) is 34.0. The molecular formula is C66H68N2Si2. The van der Waals surface area contributed by atoms with Gasteiger partial charge < -0.3 is 9.80 Å². The van der Waals surface area contributed by atoms with E-state index in [0.29, 0.717) is 11.8 Å². The van der Waals surface area contributed by atoms with Crippen molar-refractivity contribution in [1.29, 1.82) is 0 Å². The Morgan fingerprint density at radius 3 is 1.04 bits per heavy atom. The van der Waals surface area contributed by atoms with Gasteiger partial charge in [0.25, 0.3) is 0 Å². The molecule has 0 atom stereocenters. The topological polar surface area (TPSA) is 6.48 Å². The average molecular weight is 945 g/mol. The highest BCUT2D eigenvalue weighted by Gasteiger charge is 2.30. The molecule has 12 rings (SSSR count). The Hall–Kier alpha value is -6.21. The third-order valence-corrected chi connectivity index (χ3v) is 20.6. The molecule has 350 valence electrons. The predicted octanol–water partition coefficient (Wildman–Crippen LogP) is 19.0. The second-order valence-corrected chi connectivity index (χ2v) is 33.2. The van der Waals surface area contributed by atoms with Crippen LogP contribution in [0.15, 0.2) is 170 Å². The van der Waals surface area contributed by atoms with Gasteiger partial charge in [-0.1, -0.05) is 197 Å². The van der Waals surface area contributed by atoms with Crippen molar-refractivity contribution in [2.24, 2.45) is 0 Å². The van der Waals surface area contributed by atoms with Crippen molar-refractivity contribution in [1.82, 2.24) is 0 Å². The summed E-state index contributed by atoms with van der Waals surface area (Å²) in [6.45, 7) is 14.7. The summed E-state index contributed by atoms with van der Waals surface area (Å²) >= 11 is 0. The molecule has 0 unspecified atom stereocenters. The number of anilines is 6. The Balaban J connectivity index is 1.19. The molecule has 10 aromatic carbocycles. The summed E-state index contributed by atoms with van der Waals surface area (Å²) in [4.78, 5) is 5.23. The Bertz CT molecular complexity index is 3290. The maximum atomic E-state index is 2.64. The monoisotopic (exact) mass is 944 g/mol. The number of rotatable bonds is 10. The molecule has 2 aliphatic carbocycles. The Morgan fingerprint density at radius 1 is 0.329 bits per heavy atom. The van der Waals surface area contributed by atoms with E-state index >= 15 is 0 Å². The van der Waals surface area contributed by atoms with Gasteiger partial charge in [0.1, 0.15) is 0 Å². The highest BCUT2D eigenvalue weighted by atomic mass is 28.3. The number of fused-ring (bicyclic) bond motifs is 2. The molecule has 0 spiro atoms. The standard InChI is InChI=1S/C66H68N2Si2/c1-69(2,3)55-33-29-51(30-34-55)67(53-27-25-45-17-13-15-23-49(45)41-53)63-43-61(47-19-9-7-10-20-47)57-38-40-60-64(44-62(48-21-11-8-12-22-48)58-37-39-59(63)65(57)66(58)60)68(52-31-35-56(36-32-52)70(4,5)6)54-28-26-46-18-14-16-24-50(46)42-54/h13-18,23-44,47-48H,7-12,19-22H2,1-6H3. The summed E-state index contributed by atoms with van der Waals surface area (Å²) in [5, 5.41) is 16.5. The largest absolute Gasteiger partial charge is 0.310 e. The van der Waals surface area contributed by atoms with Crippen LogP contribution in [0.2, 0.25) is 39.3 Å². The fourth-order valence-electron chi connectivity index (χ4n) is 12.6. The summed E-state index contributed by atoms with van der Waals surface area (Å²) in [7, 11) is -3.07. The zero-order chi connectivity index (χ0) is 47.7. The Kier molecular flexibility index (Phi) is 11.5. The minimum atomic E-state index is -1.54. The van der Waals surface area contributed by atoms with Crippen molar-refractivity contribution < 1.29 is 0 Å². The van der Waals surface area contributed by atoms with Gasteiger partial charge in [0.2, 0.25) is 0 Å². The first kappa shape index (κ1) is 45.0. The molecule has 70 heavy (non-hydrogen) atoms. The number of hydrogen-bond acceptors (Lipinski definition) is 2. The molecule has 0 bridgehead atoms. The predicted molar refractivity (Wildman–Crippen MR) is 312 cm³/mol. The maximum absolute atomic E-state index is 2.64. The van der Waals surface area contributed by atoms with Crippen LogP contribution in [0, 0.1) is 0 Å². The normalized spacial score (nSPS) is 15.5. The van der Waals surface area contributed by atoms with Crippen molar-refractivity contribution in [3.05, 3.63) is 181 Å². The van der Waals surface area contributed by atoms with E-state index in [1.54, 1.807) is 0 Å². The van der Waals surface area contributed by atoms with Crippen molar-refractivity contribution in [3.63, 3.8) is 0 Å². The summed E-state index contributed by atoms with van der Waals surface area (Å²) in [6, 6.07) is 66.7. The summed E-state index contributed by atoms with van der Waals surface area (Å²) < 4.78 is 0. The van der Waals surface area contributed by atoms with Crippen LogP contribution < -0.4 is 20.2 Å². The van der Waals surface area contributed by atoms with Crippen LogP contribution >= 0.6 is 0 Å². The molecule has 0 N–H and O–H groups in total. The average Bonchev–Trinajstić information content (AvgIpc) is 3.38. The van der Waals surface area contributed by atoms with E-state index in [4.69, 9.17) is 0 Å². The Labute approximate surface area is 418 Å². The van der Waals surface area contributed by atoms with Crippen molar-refractivity contribution in [3.8, 4) is 0 Å². The smallest absolute Gasteiger partial charge is 0.0775 e. The first-order valence-corrected chi connectivity index (χ1v) is 33.6. The van der Waals surface area contributed by atoms with Crippen LogP contribution in [0.5, 0.6) is 0 Å². The highest BCUT2D eigenvalue weighted by molar-refractivity contribution is 6.89. The van der Waals surface area contributed by atoms with Gasteiger partial charge in [0.05, 0.1) is 27.5 Å². The van der Waals surface area contributed by atoms with Gasteiger partial charge in [0.15, 0.2) is 0 Å². The first-order valence-electron chi connectivity index (χ1n) is 26.6.